The van der Waals surface area contributed by atoms with Gasteiger partial charge in [0.05, 0.1) is 33.8 Å². The second-order valence-corrected chi connectivity index (χ2v) is 25.4. The Morgan fingerprint density at radius 3 is 1.21 bits per heavy atom. The van der Waals surface area contributed by atoms with Crippen molar-refractivity contribution in [2.24, 2.45) is 0 Å². The number of nitrogens with zero attached hydrogens (tertiary/aromatic N) is 1. The van der Waals surface area contributed by atoms with Crippen LogP contribution in [0.1, 0.15) is 297 Å². The van der Waals surface area contributed by atoms with Gasteiger partial charge in [0.25, 0.3) is 7.82 Å². The zero-order valence-corrected chi connectivity index (χ0v) is 55.1. The van der Waals surface area contributed by atoms with Crippen LogP contribution in [0.25, 0.3) is 0 Å². The SMILES string of the molecule is CC/C=C/C/C=C/C/C=C/C/C=C/CCCCCC(=O)NC(COP(=O)([O-])OCC[N+](C)(C)C)C(/C=C\CCCCCCCCCCCCC)OC(=O)CCCCCCCCCCCCCCCC/C=C\C/C=C\C/C=C\CCCCC. The maximum Gasteiger partial charge on any atom is 0.306 e. The van der Waals surface area contributed by atoms with Gasteiger partial charge in [-0.25, -0.2) is 0 Å². The highest BCUT2D eigenvalue weighted by atomic mass is 31.2. The first-order valence-electron chi connectivity index (χ1n) is 34.0. The fourth-order valence-corrected chi connectivity index (χ4v) is 10.2. The van der Waals surface area contributed by atoms with Crippen molar-refractivity contribution in [1.29, 1.82) is 0 Å². The highest BCUT2D eigenvalue weighted by Crippen LogP contribution is 2.38. The molecular formula is C72H129N2O7P. The molecule has 0 radical (unpaired) electrons. The third-order valence-electron chi connectivity index (χ3n) is 14.7. The zero-order chi connectivity index (χ0) is 60.0. The number of nitrogens with one attached hydrogen (secondary N) is 1. The fourth-order valence-electron chi connectivity index (χ4n) is 9.52. The molecule has 9 nitrogen and oxygen atoms in total. The summed E-state index contributed by atoms with van der Waals surface area (Å²) in [6, 6.07) is -0.910. The van der Waals surface area contributed by atoms with Gasteiger partial charge in [-0.2, -0.15) is 0 Å². The second-order valence-electron chi connectivity index (χ2n) is 23.9. The van der Waals surface area contributed by atoms with Crippen LogP contribution in [-0.2, 0) is 27.9 Å². The standard InChI is InChI=1S/C72H129N2O7P/c1-7-10-13-16-19-22-25-28-30-32-33-34-35-36-37-38-39-40-41-42-44-47-50-53-56-59-62-65-72(76)81-70(63-60-57-54-51-48-45-27-24-21-18-15-12-9-3)69(68-80-82(77,78)79-67-66-74(4,5)6)73-71(75)64-61-58-55-52-49-46-43-31-29-26-23-20-17-14-11-8-2/h11,14,19-20,22-23,28-31,33-34,46,49,60,63,69-70H,7-10,12-13,15-18,21,24-27,32,35-45,47-48,50-59,61-62,64-68H2,1-6H3,(H-,73,75,77,78)/b14-11+,22-19-,23-20+,30-28-,31-29+,34-33-,49-46+,63-60-. The molecule has 3 atom stereocenters. The summed E-state index contributed by atoms with van der Waals surface area (Å²) in [5.74, 6) is -0.576. The number of esters is 1. The number of hydrogen-bond donors (Lipinski definition) is 1. The Bertz CT molecular complexity index is 1720. The van der Waals surface area contributed by atoms with Crippen LogP contribution < -0.4 is 10.2 Å². The van der Waals surface area contributed by atoms with Gasteiger partial charge in [0.2, 0.25) is 5.91 Å². The molecule has 1 N–H and O–H groups in total. The monoisotopic (exact) mass is 1160 g/mol. The van der Waals surface area contributed by atoms with Crippen LogP contribution in [0, 0.1) is 0 Å². The van der Waals surface area contributed by atoms with Crippen molar-refractivity contribution in [3.63, 3.8) is 0 Å². The largest absolute Gasteiger partial charge is 0.756 e. The van der Waals surface area contributed by atoms with E-state index in [1.807, 2.05) is 33.3 Å². The van der Waals surface area contributed by atoms with Crippen molar-refractivity contribution in [3.8, 4) is 0 Å². The van der Waals surface area contributed by atoms with Crippen molar-refractivity contribution in [2.45, 2.75) is 309 Å². The van der Waals surface area contributed by atoms with E-state index in [4.69, 9.17) is 13.8 Å². The molecule has 10 heteroatoms. The number of hydrogen-bond acceptors (Lipinski definition) is 7. The molecule has 0 saturated carbocycles. The van der Waals surface area contributed by atoms with E-state index in [1.165, 1.54) is 161 Å². The van der Waals surface area contributed by atoms with Gasteiger partial charge in [-0.15, -0.1) is 0 Å². The molecule has 0 aliphatic heterocycles. The molecule has 0 aromatic heterocycles. The molecule has 0 aliphatic carbocycles. The third-order valence-corrected chi connectivity index (χ3v) is 15.7. The van der Waals surface area contributed by atoms with E-state index in [0.29, 0.717) is 17.4 Å². The smallest absolute Gasteiger partial charge is 0.306 e. The van der Waals surface area contributed by atoms with Gasteiger partial charge >= 0.3 is 5.97 Å². The van der Waals surface area contributed by atoms with Crippen LogP contribution in [-0.4, -0.2) is 69.4 Å². The van der Waals surface area contributed by atoms with E-state index in [2.05, 4.69) is 111 Å². The number of carbonyl (C=O) groups excluding carboxylic acids is 2. The van der Waals surface area contributed by atoms with E-state index in [9.17, 15) is 19.0 Å². The summed E-state index contributed by atoms with van der Waals surface area (Å²) in [6.45, 7) is 6.69. The van der Waals surface area contributed by atoms with Crippen molar-refractivity contribution < 1.29 is 37.3 Å². The number of amides is 1. The summed E-state index contributed by atoms with van der Waals surface area (Å²) in [5, 5.41) is 3.02. The Hall–Kier alpha value is -3.07. The highest BCUT2D eigenvalue weighted by molar-refractivity contribution is 7.45. The minimum absolute atomic E-state index is 0.0322. The van der Waals surface area contributed by atoms with Crippen molar-refractivity contribution in [3.05, 3.63) is 97.2 Å². The van der Waals surface area contributed by atoms with Crippen LogP contribution in [0.3, 0.4) is 0 Å². The number of unbranched alkanes of at least 4 members (excludes halogenated alkanes) is 31. The van der Waals surface area contributed by atoms with Crippen LogP contribution in [0.5, 0.6) is 0 Å². The van der Waals surface area contributed by atoms with Gasteiger partial charge in [0.15, 0.2) is 0 Å². The maximum absolute atomic E-state index is 13.5. The first-order chi connectivity index (χ1) is 39.9. The third kappa shape index (κ3) is 61.5. The van der Waals surface area contributed by atoms with E-state index in [-0.39, 0.29) is 31.3 Å². The number of phosphoric acid groups is 1. The quantitative estimate of drug-likeness (QED) is 0.0212. The molecule has 0 heterocycles. The fraction of sp³-hybridized carbons (Fsp3) is 0.750. The summed E-state index contributed by atoms with van der Waals surface area (Å²) in [5.41, 5.74) is 0. The maximum atomic E-state index is 13.5. The molecule has 3 unspecified atom stereocenters. The first kappa shape index (κ1) is 78.9. The average Bonchev–Trinajstić information content (AvgIpc) is 3.45. The predicted molar refractivity (Wildman–Crippen MR) is 353 cm³/mol. The van der Waals surface area contributed by atoms with E-state index >= 15 is 0 Å². The van der Waals surface area contributed by atoms with Gasteiger partial charge in [-0.1, -0.05) is 272 Å². The normalized spacial score (nSPS) is 14.2. The number of phosphoric ester groups is 1. The molecule has 0 aromatic carbocycles. The summed E-state index contributed by atoms with van der Waals surface area (Å²) in [7, 11) is 1.16. The number of carbonyl (C=O) groups is 2. The highest BCUT2D eigenvalue weighted by Gasteiger charge is 2.27. The molecule has 0 spiro atoms. The van der Waals surface area contributed by atoms with Gasteiger partial charge < -0.3 is 28.5 Å². The number of quaternary nitrogens is 1. The molecular weight excluding hydrogens is 1040 g/mol. The van der Waals surface area contributed by atoms with Gasteiger partial charge in [0, 0.05) is 12.8 Å². The zero-order valence-electron chi connectivity index (χ0n) is 54.2. The molecule has 0 saturated heterocycles. The molecule has 0 bridgehead atoms. The molecule has 1 amide bonds. The molecule has 0 aliphatic rings. The van der Waals surface area contributed by atoms with Crippen LogP contribution in [0.15, 0.2) is 97.2 Å². The predicted octanol–water partition coefficient (Wildman–Crippen LogP) is 20.9. The lowest BCUT2D eigenvalue weighted by atomic mass is 10.0. The summed E-state index contributed by atoms with van der Waals surface area (Å²) in [6.07, 6.45) is 82.5. The van der Waals surface area contributed by atoms with Crippen molar-refractivity contribution >= 4 is 19.7 Å². The molecule has 0 rings (SSSR count). The Balaban J connectivity index is 5.12. The lowest BCUT2D eigenvalue weighted by Gasteiger charge is -2.30. The van der Waals surface area contributed by atoms with Gasteiger partial charge in [0.1, 0.15) is 19.3 Å². The van der Waals surface area contributed by atoms with Gasteiger partial charge in [-0.3, -0.25) is 14.2 Å². The first-order valence-corrected chi connectivity index (χ1v) is 35.5. The Kier molecular flexibility index (Phi) is 58.7. The molecule has 474 valence electrons. The van der Waals surface area contributed by atoms with Crippen LogP contribution >= 0.6 is 7.82 Å². The number of ether oxygens (including phenoxy) is 1. The van der Waals surface area contributed by atoms with E-state index in [1.54, 1.807) is 0 Å². The summed E-state index contributed by atoms with van der Waals surface area (Å²) < 4.78 is 30.4. The second kappa shape index (κ2) is 61.0. The number of rotatable bonds is 61. The Morgan fingerprint density at radius 1 is 0.439 bits per heavy atom. The molecule has 82 heavy (non-hydrogen) atoms. The Labute approximate surface area is 507 Å². The summed E-state index contributed by atoms with van der Waals surface area (Å²) >= 11 is 0. The number of allylic oxidation sites excluding steroid dienone is 15. The van der Waals surface area contributed by atoms with E-state index in [0.717, 1.165) is 96.3 Å². The minimum Gasteiger partial charge on any atom is -0.756 e. The van der Waals surface area contributed by atoms with E-state index < -0.39 is 26.6 Å². The van der Waals surface area contributed by atoms with Crippen molar-refractivity contribution in [2.75, 3.05) is 40.9 Å². The van der Waals surface area contributed by atoms with Crippen LogP contribution in [0.4, 0.5) is 0 Å². The van der Waals surface area contributed by atoms with Gasteiger partial charge in [-0.05, 0) is 109 Å². The minimum atomic E-state index is -4.72. The lowest BCUT2D eigenvalue weighted by Crippen LogP contribution is -2.47. The van der Waals surface area contributed by atoms with Crippen LogP contribution in [0.2, 0.25) is 0 Å². The lowest BCUT2D eigenvalue weighted by molar-refractivity contribution is -0.870. The molecule has 0 aromatic rings. The average molecular weight is 1170 g/mol. The number of likely N-dealkylation sites (N-methyl/N-ethyl adjacent to an activating group) is 1. The Morgan fingerprint density at radius 2 is 0.780 bits per heavy atom. The topological polar surface area (TPSA) is 114 Å². The van der Waals surface area contributed by atoms with Crippen molar-refractivity contribution in [1.82, 2.24) is 5.32 Å². The summed E-state index contributed by atoms with van der Waals surface area (Å²) in [4.78, 5) is 40.1. The molecule has 0 fully saturated rings.